The number of unbranched alkanes of at least 4 members (excludes halogenated alkanes) is 1. The molecule has 0 aromatic rings. The molecule has 1 unspecified atom stereocenters. The number of aliphatic carboxylic acids is 1. The van der Waals surface area contributed by atoms with Gasteiger partial charge in [0.05, 0.1) is 19.6 Å². The van der Waals surface area contributed by atoms with Gasteiger partial charge in [-0.2, -0.15) is 0 Å². The number of carbonyl (C=O) groups excluding carboxylic acids is 1. The summed E-state index contributed by atoms with van der Waals surface area (Å²) in [6.45, 7) is 9.89. The van der Waals surface area contributed by atoms with E-state index in [-0.39, 0.29) is 12.5 Å². The summed E-state index contributed by atoms with van der Waals surface area (Å²) >= 11 is 0. The van der Waals surface area contributed by atoms with Crippen LogP contribution in [0, 0.1) is 0 Å². The Kier molecular flexibility index (Phi) is 12.2. The Morgan fingerprint density at radius 1 is 1.18 bits per heavy atom. The van der Waals surface area contributed by atoms with E-state index >= 15 is 0 Å². The molecule has 0 aliphatic carbocycles. The summed E-state index contributed by atoms with van der Waals surface area (Å²) in [6.07, 6.45) is 9.56. The van der Waals surface area contributed by atoms with Crippen LogP contribution in [-0.2, 0) is 4.79 Å². The third-order valence-corrected chi connectivity index (χ3v) is 4.15. The smallest absolute Gasteiger partial charge is 0.105 e. The van der Waals surface area contributed by atoms with E-state index in [1.165, 1.54) is 0 Å². The van der Waals surface area contributed by atoms with Gasteiger partial charge in [-0.15, -0.1) is 0 Å². The lowest BCUT2D eigenvalue weighted by atomic mass is 10.1. The van der Waals surface area contributed by atoms with Crippen LogP contribution in [0.1, 0.15) is 65.7 Å². The van der Waals surface area contributed by atoms with Crippen LogP contribution in [0.15, 0.2) is 12.2 Å². The van der Waals surface area contributed by atoms with Crippen LogP contribution in [0.2, 0.25) is 0 Å². The summed E-state index contributed by atoms with van der Waals surface area (Å²) in [5, 5.41) is 21.0. The molecule has 1 atom stereocenters. The van der Waals surface area contributed by atoms with Crippen LogP contribution in [-0.4, -0.2) is 47.8 Å². The van der Waals surface area contributed by atoms with E-state index in [1.807, 2.05) is 13.0 Å². The number of nitrogens with zero attached hydrogens (tertiary/aromatic N) is 1. The third-order valence-electron chi connectivity index (χ3n) is 4.15. The van der Waals surface area contributed by atoms with Gasteiger partial charge >= 0.3 is 0 Å². The standard InChI is InChI=1S/C18H35NO3/c1-4-7-8-9-11-17(20)16-19(13-5-2,14-6-3)15-10-12-18(21)22/h4,7,17,20H,5-6,8-16H2,1-3H3/b7-4+. The first-order valence-electron chi connectivity index (χ1n) is 8.83. The summed E-state index contributed by atoms with van der Waals surface area (Å²) < 4.78 is 0.838. The van der Waals surface area contributed by atoms with E-state index in [1.54, 1.807) is 0 Å². The second kappa shape index (κ2) is 12.7. The SMILES string of the molecule is C/C=C/CCCC(O)C[N+](CCC)(CCC)CCCC(=O)[O-]. The minimum absolute atomic E-state index is 0.116. The highest BCUT2D eigenvalue weighted by atomic mass is 16.4. The normalized spacial score (nSPS) is 13.6. The summed E-state index contributed by atoms with van der Waals surface area (Å²) in [5.74, 6) is -0.974. The van der Waals surface area contributed by atoms with E-state index in [2.05, 4.69) is 19.9 Å². The minimum atomic E-state index is -0.974. The maximum Gasteiger partial charge on any atom is 0.105 e. The van der Waals surface area contributed by atoms with Crippen molar-refractivity contribution in [2.45, 2.75) is 71.8 Å². The highest BCUT2D eigenvalue weighted by molar-refractivity contribution is 5.64. The average Bonchev–Trinajstić information content (AvgIpc) is 2.44. The molecule has 0 radical (unpaired) electrons. The van der Waals surface area contributed by atoms with Gasteiger partial charge in [-0.3, -0.25) is 0 Å². The van der Waals surface area contributed by atoms with Gasteiger partial charge < -0.3 is 19.5 Å². The van der Waals surface area contributed by atoms with Gasteiger partial charge in [0.1, 0.15) is 12.6 Å². The predicted molar refractivity (Wildman–Crippen MR) is 89.2 cm³/mol. The van der Waals surface area contributed by atoms with Crippen LogP contribution < -0.4 is 5.11 Å². The van der Waals surface area contributed by atoms with E-state index < -0.39 is 5.97 Å². The molecule has 4 nitrogen and oxygen atoms in total. The van der Waals surface area contributed by atoms with Crippen LogP contribution in [0.5, 0.6) is 0 Å². The van der Waals surface area contributed by atoms with Crippen LogP contribution >= 0.6 is 0 Å². The van der Waals surface area contributed by atoms with Crippen LogP contribution in [0.25, 0.3) is 0 Å². The lowest BCUT2D eigenvalue weighted by Crippen LogP contribution is -2.54. The monoisotopic (exact) mass is 313 g/mol. The Bertz CT molecular complexity index is 309. The van der Waals surface area contributed by atoms with Crippen molar-refractivity contribution < 1.29 is 19.5 Å². The molecule has 0 aliphatic rings. The van der Waals surface area contributed by atoms with Crippen molar-refractivity contribution in [2.24, 2.45) is 0 Å². The second-order valence-corrected chi connectivity index (χ2v) is 6.32. The zero-order valence-electron chi connectivity index (χ0n) is 14.7. The fourth-order valence-electron chi connectivity index (χ4n) is 3.29. The topological polar surface area (TPSA) is 60.4 Å². The fraction of sp³-hybridized carbons (Fsp3) is 0.833. The van der Waals surface area contributed by atoms with E-state index in [9.17, 15) is 15.0 Å². The maximum atomic E-state index is 10.7. The Morgan fingerprint density at radius 3 is 2.32 bits per heavy atom. The molecule has 4 heteroatoms. The molecule has 130 valence electrons. The summed E-state index contributed by atoms with van der Waals surface area (Å²) in [4.78, 5) is 10.7. The second-order valence-electron chi connectivity index (χ2n) is 6.32. The number of carboxylic acid groups (broad SMARTS) is 1. The van der Waals surface area contributed by atoms with Gasteiger partial charge in [0.15, 0.2) is 0 Å². The molecule has 0 saturated carbocycles. The van der Waals surface area contributed by atoms with Gasteiger partial charge in [0.25, 0.3) is 0 Å². The molecular weight excluding hydrogens is 278 g/mol. The van der Waals surface area contributed by atoms with Crippen LogP contribution in [0.3, 0.4) is 0 Å². The molecule has 22 heavy (non-hydrogen) atoms. The van der Waals surface area contributed by atoms with Crippen molar-refractivity contribution in [3.63, 3.8) is 0 Å². The molecule has 0 aliphatic heterocycles. The lowest BCUT2D eigenvalue weighted by Gasteiger charge is -2.40. The first-order chi connectivity index (χ1) is 10.5. The molecule has 0 aromatic carbocycles. The molecule has 0 saturated heterocycles. The van der Waals surface area contributed by atoms with Gasteiger partial charge in [-0.25, -0.2) is 0 Å². The molecular formula is C18H35NO3. The number of hydrogen-bond donors (Lipinski definition) is 1. The molecule has 0 spiro atoms. The minimum Gasteiger partial charge on any atom is -0.550 e. The van der Waals surface area contributed by atoms with E-state index in [0.717, 1.165) is 62.8 Å². The Hall–Kier alpha value is -0.870. The molecule has 0 aromatic heterocycles. The summed E-state index contributed by atoms with van der Waals surface area (Å²) in [6, 6.07) is 0. The maximum absolute atomic E-state index is 10.7. The Labute approximate surface area is 136 Å². The Morgan fingerprint density at radius 2 is 1.82 bits per heavy atom. The highest BCUT2D eigenvalue weighted by Gasteiger charge is 2.28. The van der Waals surface area contributed by atoms with E-state index in [0.29, 0.717) is 6.42 Å². The number of aliphatic hydroxyl groups excluding tert-OH is 1. The summed E-state index contributed by atoms with van der Waals surface area (Å²) in [7, 11) is 0. The quantitative estimate of drug-likeness (QED) is 0.304. The zero-order chi connectivity index (χ0) is 16.8. The largest absolute Gasteiger partial charge is 0.550 e. The van der Waals surface area contributed by atoms with Crippen molar-refractivity contribution >= 4 is 5.97 Å². The Balaban J connectivity index is 4.55. The number of hydrogen-bond acceptors (Lipinski definition) is 3. The van der Waals surface area contributed by atoms with Gasteiger partial charge in [-0.1, -0.05) is 26.0 Å². The number of quaternary nitrogens is 1. The zero-order valence-corrected chi connectivity index (χ0v) is 14.7. The van der Waals surface area contributed by atoms with Crippen molar-refractivity contribution in [3.05, 3.63) is 12.2 Å². The molecule has 0 amide bonds. The number of carboxylic acids is 1. The first kappa shape index (κ1) is 21.1. The number of carbonyl (C=O) groups is 1. The molecule has 1 N–H and O–H groups in total. The van der Waals surface area contributed by atoms with Gasteiger partial charge in [0.2, 0.25) is 0 Å². The first-order valence-corrected chi connectivity index (χ1v) is 8.83. The van der Waals surface area contributed by atoms with Gasteiger partial charge in [0, 0.05) is 12.4 Å². The highest BCUT2D eigenvalue weighted by Crippen LogP contribution is 2.16. The van der Waals surface area contributed by atoms with Crippen molar-refractivity contribution in [1.29, 1.82) is 0 Å². The number of rotatable bonds is 14. The van der Waals surface area contributed by atoms with Crippen molar-refractivity contribution in [1.82, 2.24) is 0 Å². The third kappa shape index (κ3) is 9.96. The van der Waals surface area contributed by atoms with E-state index in [4.69, 9.17) is 0 Å². The lowest BCUT2D eigenvalue weighted by molar-refractivity contribution is -0.931. The van der Waals surface area contributed by atoms with Crippen molar-refractivity contribution in [2.75, 3.05) is 26.2 Å². The summed E-state index contributed by atoms with van der Waals surface area (Å²) in [5.41, 5.74) is 0. The fourth-order valence-corrected chi connectivity index (χ4v) is 3.29. The average molecular weight is 313 g/mol. The number of aliphatic hydroxyl groups is 1. The predicted octanol–water partition coefficient (Wildman–Crippen LogP) is 2.26. The molecule has 0 bridgehead atoms. The van der Waals surface area contributed by atoms with Crippen LogP contribution in [0.4, 0.5) is 0 Å². The molecule has 0 fully saturated rings. The van der Waals surface area contributed by atoms with Gasteiger partial charge in [-0.05, 0) is 45.4 Å². The number of allylic oxidation sites excluding steroid dienone is 2. The molecule has 0 heterocycles. The molecule has 0 rings (SSSR count). The van der Waals surface area contributed by atoms with Crippen molar-refractivity contribution in [3.8, 4) is 0 Å².